The summed E-state index contributed by atoms with van der Waals surface area (Å²) in [5.41, 5.74) is 0.257. The van der Waals surface area contributed by atoms with Gasteiger partial charge in [-0.15, -0.1) is 0 Å². The number of carbonyl (C=O) groups excluding carboxylic acids is 1. The van der Waals surface area contributed by atoms with Crippen LogP contribution in [0.2, 0.25) is 0 Å². The van der Waals surface area contributed by atoms with Crippen molar-refractivity contribution in [3.63, 3.8) is 0 Å². The number of carbonyl (C=O) groups is 1. The van der Waals surface area contributed by atoms with Crippen LogP contribution >= 0.6 is 0 Å². The Labute approximate surface area is 89.0 Å². The third-order valence-corrected chi connectivity index (χ3v) is 1.78. The lowest BCUT2D eigenvalue weighted by Gasteiger charge is -1.96. The van der Waals surface area contributed by atoms with Crippen molar-refractivity contribution in [3.05, 3.63) is 23.4 Å². The van der Waals surface area contributed by atoms with E-state index < -0.39 is 5.97 Å². The number of hydrogen-bond donors (Lipinski definition) is 0. The maximum Gasteiger partial charge on any atom is 0.360 e. The second-order valence-electron chi connectivity index (χ2n) is 2.99. The smallest absolute Gasteiger partial charge is 0.360 e. The molecule has 0 amide bonds. The summed E-state index contributed by atoms with van der Waals surface area (Å²) in [6.45, 7) is 5.80. The van der Waals surface area contributed by atoms with Gasteiger partial charge in [-0.25, -0.2) is 9.78 Å². The predicted molar refractivity (Wildman–Crippen MR) is 56.5 cm³/mol. The third kappa shape index (κ3) is 2.94. The van der Waals surface area contributed by atoms with Gasteiger partial charge in [0.25, 0.3) is 0 Å². The number of rotatable bonds is 4. The van der Waals surface area contributed by atoms with Crippen molar-refractivity contribution in [2.75, 3.05) is 6.61 Å². The van der Waals surface area contributed by atoms with Gasteiger partial charge in [0.2, 0.25) is 5.89 Å². The zero-order chi connectivity index (χ0) is 11.3. The van der Waals surface area contributed by atoms with Gasteiger partial charge < -0.3 is 9.15 Å². The molecule has 1 aromatic heterocycles. The molecular weight excluding hydrogens is 194 g/mol. The fourth-order valence-corrected chi connectivity index (χ4v) is 1.10. The van der Waals surface area contributed by atoms with Gasteiger partial charge in [0.15, 0.2) is 5.69 Å². The van der Waals surface area contributed by atoms with Crippen LogP contribution in [0.5, 0.6) is 0 Å². The first kappa shape index (κ1) is 11.5. The first-order valence-electron chi connectivity index (χ1n) is 5.00. The van der Waals surface area contributed by atoms with Crippen molar-refractivity contribution < 1.29 is 13.9 Å². The Balaban J connectivity index is 2.86. The summed E-state index contributed by atoms with van der Waals surface area (Å²) in [4.78, 5) is 15.4. The lowest BCUT2D eigenvalue weighted by atomic mass is 10.4. The van der Waals surface area contributed by atoms with E-state index in [1.807, 2.05) is 13.0 Å². The molecule has 1 heterocycles. The van der Waals surface area contributed by atoms with E-state index in [9.17, 15) is 4.79 Å². The second kappa shape index (κ2) is 5.34. The molecular formula is C11H15NO3. The van der Waals surface area contributed by atoms with E-state index in [0.717, 1.165) is 6.42 Å². The van der Waals surface area contributed by atoms with Crippen molar-refractivity contribution >= 4 is 12.0 Å². The number of nitrogens with zero attached hydrogens (tertiary/aromatic N) is 1. The van der Waals surface area contributed by atoms with Gasteiger partial charge in [0.05, 0.1) is 6.61 Å². The van der Waals surface area contributed by atoms with Crippen LogP contribution in [0, 0.1) is 6.92 Å². The number of allylic oxidation sites excluding steroid dienone is 1. The molecule has 15 heavy (non-hydrogen) atoms. The Bertz CT molecular complexity index is 366. The summed E-state index contributed by atoms with van der Waals surface area (Å²) < 4.78 is 10.1. The van der Waals surface area contributed by atoms with E-state index in [0.29, 0.717) is 18.3 Å². The fourth-order valence-electron chi connectivity index (χ4n) is 1.10. The molecule has 0 unspecified atom stereocenters. The molecule has 0 saturated heterocycles. The number of esters is 1. The predicted octanol–water partition coefficient (Wildman–Crippen LogP) is 2.58. The van der Waals surface area contributed by atoms with Crippen molar-refractivity contribution in [1.29, 1.82) is 0 Å². The molecule has 1 aromatic rings. The van der Waals surface area contributed by atoms with Gasteiger partial charge in [-0.2, -0.15) is 0 Å². The summed E-state index contributed by atoms with van der Waals surface area (Å²) >= 11 is 0. The molecule has 0 radical (unpaired) electrons. The minimum atomic E-state index is -0.435. The number of oxazole rings is 1. The summed E-state index contributed by atoms with van der Waals surface area (Å²) in [5, 5.41) is 0. The Morgan fingerprint density at radius 2 is 2.27 bits per heavy atom. The molecule has 0 aliphatic rings. The standard InChI is InChI=1S/C11H15NO3/c1-4-6-7-9-12-10(8(3)15-9)11(13)14-5-2/h6-7H,4-5H2,1-3H3/b7-6+. The summed E-state index contributed by atoms with van der Waals surface area (Å²) in [7, 11) is 0. The number of aromatic nitrogens is 1. The lowest BCUT2D eigenvalue weighted by molar-refractivity contribution is 0.0518. The monoisotopic (exact) mass is 209 g/mol. The molecule has 0 fully saturated rings. The van der Waals surface area contributed by atoms with Gasteiger partial charge in [-0.3, -0.25) is 0 Å². The molecule has 0 N–H and O–H groups in total. The molecule has 0 bridgehead atoms. The zero-order valence-corrected chi connectivity index (χ0v) is 9.24. The van der Waals surface area contributed by atoms with Crippen molar-refractivity contribution in [3.8, 4) is 0 Å². The van der Waals surface area contributed by atoms with E-state index in [4.69, 9.17) is 9.15 Å². The van der Waals surface area contributed by atoms with Crippen LogP contribution in [0.1, 0.15) is 42.4 Å². The van der Waals surface area contributed by atoms with Crippen LogP contribution in [-0.2, 0) is 4.74 Å². The summed E-state index contributed by atoms with van der Waals surface area (Å²) in [6, 6.07) is 0. The first-order chi connectivity index (χ1) is 7.19. The average molecular weight is 209 g/mol. The Morgan fingerprint density at radius 1 is 1.53 bits per heavy atom. The minimum absolute atomic E-state index is 0.257. The van der Waals surface area contributed by atoms with Crippen LogP contribution in [-0.4, -0.2) is 17.6 Å². The highest BCUT2D eigenvalue weighted by molar-refractivity contribution is 5.88. The number of ether oxygens (including phenoxy) is 1. The van der Waals surface area contributed by atoms with Crippen LogP contribution < -0.4 is 0 Å². The maximum absolute atomic E-state index is 11.4. The van der Waals surface area contributed by atoms with Gasteiger partial charge in [-0.05, 0) is 26.3 Å². The molecule has 0 aliphatic heterocycles. The molecule has 0 atom stereocenters. The van der Waals surface area contributed by atoms with E-state index in [-0.39, 0.29) is 5.69 Å². The summed E-state index contributed by atoms with van der Waals surface area (Å²) in [6.07, 6.45) is 4.56. The highest BCUT2D eigenvalue weighted by Gasteiger charge is 2.16. The zero-order valence-electron chi connectivity index (χ0n) is 9.24. The number of aryl methyl sites for hydroxylation is 1. The van der Waals surface area contributed by atoms with Crippen LogP contribution in [0.4, 0.5) is 0 Å². The van der Waals surface area contributed by atoms with Gasteiger partial charge in [-0.1, -0.05) is 13.0 Å². The molecule has 0 aromatic carbocycles. The quantitative estimate of drug-likeness (QED) is 0.715. The first-order valence-corrected chi connectivity index (χ1v) is 5.00. The van der Waals surface area contributed by atoms with E-state index in [2.05, 4.69) is 4.98 Å². The lowest BCUT2D eigenvalue weighted by Crippen LogP contribution is -2.06. The Hall–Kier alpha value is -1.58. The Kier molecular flexibility index (Phi) is 4.09. The molecule has 4 nitrogen and oxygen atoms in total. The molecule has 0 saturated carbocycles. The maximum atomic E-state index is 11.4. The van der Waals surface area contributed by atoms with Crippen molar-refractivity contribution in [1.82, 2.24) is 4.98 Å². The van der Waals surface area contributed by atoms with Crippen molar-refractivity contribution in [2.24, 2.45) is 0 Å². The molecule has 0 spiro atoms. The van der Waals surface area contributed by atoms with Crippen LogP contribution in [0.3, 0.4) is 0 Å². The van der Waals surface area contributed by atoms with E-state index in [1.165, 1.54) is 0 Å². The van der Waals surface area contributed by atoms with Crippen LogP contribution in [0.25, 0.3) is 6.08 Å². The largest absolute Gasteiger partial charge is 0.461 e. The van der Waals surface area contributed by atoms with Crippen LogP contribution in [0.15, 0.2) is 10.5 Å². The topological polar surface area (TPSA) is 52.3 Å². The second-order valence-corrected chi connectivity index (χ2v) is 2.99. The number of hydrogen-bond acceptors (Lipinski definition) is 4. The summed E-state index contributed by atoms with van der Waals surface area (Å²) in [5.74, 6) is 0.497. The van der Waals surface area contributed by atoms with Gasteiger partial charge in [0.1, 0.15) is 5.76 Å². The fraction of sp³-hybridized carbons (Fsp3) is 0.455. The molecule has 0 aliphatic carbocycles. The van der Waals surface area contributed by atoms with Gasteiger partial charge in [0, 0.05) is 0 Å². The third-order valence-electron chi connectivity index (χ3n) is 1.78. The minimum Gasteiger partial charge on any atom is -0.461 e. The van der Waals surface area contributed by atoms with E-state index >= 15 is 0 Å². The highest BCUT2D eigenvalue weighted by atomic mass is 16.5. The molecule has 1 rings (SSSR count). The van der Waals surface area contributed by atoms with Crippen molar-refractivity contribution in [2.45, 2.75) is 27.2 Å². The van der Waals surface area contributed by atoms with E-state index in [1.54, 1.807) is 19.9 Å². The highest BCUT2D eigenvalue weighted by Crippen LogP contribution is 2.12. The Morgan fingerprint density at radius 3 is 2.87 bits per heavy atom. The van der Waals surface area contributed by atoms with Gasteiger partial charge >= 0.3 is 5.97 Å². The molecule has 4 heteroatoms. The normalized spacial score (nSPS) is 10.9. The molecule has 82 valence electrons. The SMILES string of the molecule is CC/C=C/c1nc(C(=O)OCC)c(C)o1. The average Bonchev–Trinajstić information content (AvgIpc) is 2.57.